The first kappa shape index (κ1) is 14.7. The van der Waals surface area contributed by atoms with Gasteiger partial charge in [-0.3, -0.25) is 14.9 Å². The van der Waals surface area contributed by atoms with Crippen molar-refractivity contribution < 1.29 is 14.2 Å². The molecule has 0 spiro atoms. The largest absolute Gasteiger partial charge is 0.359 e. The molecule has 116 valence electrons. The van der Waals surface area contributed by atoms with Gasteiger partial charge in [0, 0.05) is 23.8 Å². The molecule has 1 heterocycles. The highest BCUT2D eigenvalue weighted by atomic mass is 16.6. The number of carbonyl (C=O) groups excluding carboxylic acids is 1. The van der Waals surface area contributed by atoms with Gasteiger partial charge in [-0.15, -0.1) is 0 Å². The van der Waals surface area contributed by atoms with E-state index < -0.39 is 4.92 Å². The summed E-state index contributed by atoms with van der Waals surface area (Å²) >= 11 is 0. The van der Waals surface area contributed by atoms with Gasteiger partial charge in [-0.25, -0.2) is 0 Å². The first-order valence-corrected chi connectivity index (χ1v) is 6.96. The lowest BCUT2D eigenvalue weighted by Crippen LogP contribution is -2.27. The number of non-ortho nitro benzene ring substituents is 1. The lowest BCUT2D eigenvalue weighted by Gasteiger charge is -2.05. The van der Waals surface area contributed by atoms with Gasteiger partial charge < -0.3 is 9.84 Å². The molecule has 23 heavy (non-hydrogen) atoms. The molecule has 2 aromatic rings. The zero-order chi connectivity index (χ0) is 16.2. The topological polar surface area (TPSA) is 98.3 Å². The summed E-state index contributed by atoms with van der Waals surface area (Å²) in [7, 11) is 0. The summed E-state index contributed by atoms with van der Waals surface area (Å²) in [4.78, 5) is 22.0. The maximum Gasteiger partial charge on any atom is 0.269 e. The van der Waals surface area contributed by atoms with Gasteiger partial charge in [0.25, 0.3) is 5.69 Å². The number of carbonyl (C=O) groups is 1. The third-order valence-corrected chi connectivity index (χ3v) is 3.42. The summed E-state index contributed by atoms with van der Waals surface area (Å²) in [5.74, 6) is 0.160. The number of nitrogens with zero attached hydrogens (tertiary/aromatic N) is 2. The van der Waals surface area contributed by atoms with Gasteiger partial charge in [0.2, 0.25) is 5.91 Å². The fourth-order valence-corrected chi connectivity index (χ4v) is 2.18. The number of nitro groups is 1. The van der Waals surface area contributed by atoms with Crippen molar-refractivity contribution >= 4 is 11.6 Å². The zero-order valence-corrected chi connectivity index (χ0v) is 12.0. The fraction of sp³-hybridized carbons (Fsp3) is 0.125. The molecule has 3 rings (SSSR count). The van der Waals surface area contributed by atoms with E-state index in [0.717, 1.165) is 0 Å². The molecule has 0 bridgehead atoms. The quantitative estimate of drug-likeness (QED) is 0.676. The zero-order valence-electron chi connectivity index (χ0n) is 12.0. The van der Waals surface area contributed by atoms with Crippen molar-refractivity contribution in [3.05, 3.63) is 70.5 Å². The highest BCUT2D eigenvalue weighted by Gasteiger charge is 2.15. The third-order valence-electron chi connectivity index (χ3n) is 3.42. The normalized spacial score (nSPS) is 13.4. The van der Waals surface area contributed by atoms with Gasteiger partial charge in [0.05, 0.1) is 17.4 Å². The Kier molecular flexibility index (Phi) is 4.01. The predicted octanol–water partition coefficient (Wildman–Crippen LogP) is 2.61. The van der Waals surface area contributed by atoms with Crippen LogP contribution in [0.25, 0.3) is 11.3 Å². The Morgan fingerprint density at radius 2 is 1.96 bits per heavy atom. The van der Waals surface area contributed by atoms with E-state index in [1.165, 1.54) is 12.1 Å². The minimum Gasteiger partial charge on any atom is -0.359 e. The number of allylic oxidation sites excluding steroid dienone is 2. The average Bonchev–Trinajstić information content (AvgIpc) is 3.24. The third kappa shape index (κ3) is 3.34. The van der Waals surface area contributed by atoms with E-state index in [1.807, 2.05) is 12.2 Å². The maximum absolute atomic E-state index is 11.9. The van der Waals surface area contributed by atoms with E-state index in [-0.39, 0.29) is 24.1 Å². The molecule has 0 aliphatic heterocycles. The maximum atomic E-state index is 11.9. The predicted molar refractivity (Wildman–Crippen MR) is 82.2 cm³/mol. The Bertz CT molecular complexity index is 778. The van der Waals surface area contributed by atoms with Gasteiger partial charge in [-0.05, 0) is 12.1 Å². The highest BCUT2D eigenvalue weighted by molar-refractivity contribution is 5.83. The Morgan fingerprint density at radius 1 is 1.26 bits per heavy atom. The lowest BCUT2D eigenvalue weighted by molar-refractivity contribution is -0.384. The molecule has 0 saturated carbocycles. The number of amides is 1. The molecular weight excluding hydrogens is 298 g/mol. The summed E-state index contributed by atoms with van der Waals surface area (Å²) in [6, 6.07) is 7.72. The molecule has 0 radical (unpaired) electrons. The second-order valence-corrected chi connectivity index (χ2v) is 5.00. The van der Waals surface area contributed by atoms with Crippen molar-refractivity contribution in [1.29, 1.82) is 0 Å². The van der Waals surface area contributed by atoms with Crippen LogP contribution < -0.4 is 5.32 Å². The van der Waals surface area contributed by atoms with Gasteiger partial charge in [-0.1, -0.05) is 29.5 Å². The van der Waals surface area contributed by atoms with Crippen LogP contribution in [-0.2, 0) is 11.3 Å². The first-order chi connectivity index (χ1) is 11.1. The minimum absolute atomic E-state index is 0.0161. The van der Waals surface area contributed by atoms with Crippen LogP contribution in [0.4, 0.5) is 5.69 Å². The molecule has 0 unspecified atom stereocenters. The Labute approximate surface area is 131 Å². The number of aromatic nitrogens is 1. The van der Waals surface area contributed by atoms with E-state index in [2.05, 4.69) is 10.5 Å². The Balaban J connectivity index is 1.63. The first-order valence-electron chi connectivity index (χ1n) is 6.96. The molecule has 1 aliphatic carbocycles. The van der Waals surface area contributed by atoms with E-state index in [1.54, 1.807) is 30.4 Å². The van der Waals surface area contributed by atoms with Crippen molar-refractivity contribution in [1.82, 2.24) is 10.5 Å². The SMILES string of the molecule is O=C(NCc1cc(-c2ccc([N+](=O)[O-])cc2)no1)C1C=CC=C1. The smallest absolute Gasteiger partial charge is 0.269 e. The summed E-state index contributed by atoms with van der Waals surface area (Å²) < 4.78 is 5.18. The van der Waals surface area contributed by atoms with Crippen LogP contribution in [0.1, 0.15) is 5.76 Å². The van der Waals surface area contributed by atoms with Crippen molar-refractivity contribution in [2.24, 2.45) is 5.92 Å². The van der Waals surface area contributed by atoms with E-state index >= 15 is 0 Å². The number of benzene rings is 1. The van der Waals surface area contributed by atoms with Crippen LogP contribution in [0, 0.1) is 16.0 Å². The minimum atomic E-state index is -0.459. The molecule has 0 fully saturated rings. The fourth-order valence-electron chi connectivity index (χ4n) is 2.18. The Hall–Kier alpha value is -3.22. The van der Waals surface area contributed by atoms with Gasteiger partial charge >= 0.3 is 0 Å². The van der Waals surface area contributed by atoms with E-state index in [9.17, 15) is 14.9 Å². The summed E-state index contributed by atoms with van der Waals surface area (Å²) in [5.41, 5.74) is 1.28. The van der Waals surface area contributed by atoms with Crippen molar-refractivity contribution in [2.45, 2.75) is 6.54 Å². The van der Waals surface area contributed by atoms with E-state index in [4.69, 9.17) is 4.52 Å². The molecule has 0 saturated heterocycles. The van der Waals surface area contributed by atoms with E-state index in [0.29, 0.717) is 17.0 Å². The van der Waals surface area contributed by atoms with Gasteiger partial charge in [0.1, 0.15) is 5.69 Å². The molecule has 1 aromatic heterocycles. The number of nitrogens with one attached hydrogen (secondary N) is 1. The molecule has 0 atom stereocenters. The lowest BCUT2D eigenvalue weighted by atomic mass is 10.1. The van der Waals surface area contributed by atoms with Crippen LogP contribution in [-0.4, -0.2) is 16.0 Å². The number of rotatable bonds is 5. The monoisotopic (exact) mass is 311 g/mol. The highest BCUT2D eigenvalue weighted by Crippen LogP contribution is 2.22. The molecule has 1 aromatic carbocycles. The van der Waals surface area contributed by atoms with Crippen molar-refractivity contribution in [2.75, 3.05) is 0 Å². The second-order valence-electron chi connectivity index (χ2n) is 5.00. The summed E-state index contributed by atoms with van der Waals surface area (Å²) in [5, 5.41) is 17.3. The summed E-state index contributed by atoms with van der Waals surface area (Å²) in [6.45, 7) is 0.233. The van der Waals surface area contributed by atoms with Crippen LogP contribution in [0.15, 0.2) is 59.2 Å². The molecule has 7 nitrogen and oxygen atoms in total. The van der Waals surface area contributed by atoms with Crippen molar-refractivity contribution in [3.8, 4) is 11.3 Å². The number of hydrogen-bond acceptors (Lipinski definition) is 5. The standard InChI is InChI=1S/C16H13N3O4/c20-16(12-3-1-2-4-12)17-10-14-9-15(18-23-14)11-5-7-13(8-6-11)19(21)22/h1-9,12H,10H2,(H,17,20). The Morgan fingerprint density at radius 3 is 2.61 bits per heavy atom. The second kappa shape index (κ2) is 6.27. The summed E-state index contributed by atoms with van der Waals surface area (Å²) in [6.07, 6.45) is 7.26. The molecule has 1 N–H and O–H groups in total. The molecule has 7 heteroatoms. The van der Waals surface area contributed by atoms with Crippen LogP contribution in [0.2, 0.25) is 0 Å². The molecular formula is C16H13N3O4. The van der Waals surface area contributed by atoms with Crippen LogP contribution in [0.3, 0.4) is 0 Å². The van der Waals surface area contributed by atoms with Gasteiger partial charge in [0.15, 0.2) is 5.76 Å². The average molecular weight is 311 g/mol. The molecule has 1 aliphatic rings. The number of nitro benzene ring substituents is 1. The van der Waals surface area contributed by atoms with Crippen molar-refractivity contribution in [3.63, 3.8) is 0 Å². The van der Waals surface area contributed by atoms with Crippen LogP contribution in [0.5, 0.6) is 0 Å². The molecule has 1 amide bonds. The number of hydrogen-bond donors (Lipinski definition) is 1. The van der Waals surface area contributed by atoms with Crippen LogP contribution >= 0.6 is 0 Å². The van der Waals surface area contributed by atoms with Gasteiger partial charge in [-0.2, -0.15) is 0 Å².